The summed E-state index contributed by atoms with van der Waals surface area (Å²) >= 11 is 0. The molecule has 0 saturated carbocycles. The number of aliphatic carboxylic acids is 1. The second-order valence-electron chi connectivity index (χ2n) is 4.45. The standard InChI is InChI=1S/C13H15F2NO2/c14-12(15)10-5-3-4-9(8-10)11(13(17)18)16-6-1-2-7-16/h3-5,8,11-12H,1-2,6-7H2,(H,17,18). The van der Waals surface area contributed by atoms with E-state index < -0.39 is 18.4 Å². The monoisotopic (exact) mass is 255 g/mol. The summed E-state index contributed by atoms with van der Waals surface area (Å²) in [6.07, 6.45) is -0.658. The Balaban J connectivity index is 2.30. The van der Waals surface area contributed by atoms with Gasteiger partial charge in [0.05, 0.1) is 0 Å². The topological polar surface area (TPSA) is 40.5 Å². The SMILES string of the molecule is O=C(O)C(c1cccc(C(F)F)c1)N1CCCC1. The highest BCUT2D eigenvalue weighted by atomic mass is 19.3. The number of benzene rings is 1. The number of carboxylic acids is 1. The average molecular weight is 255 g/mol. The lowest BCUT2D eigenvalue weighted by Crippen LogP contribution is -2.31. The van der Waals surface area contributed by atoms with Crippen molar-refractivity contribution in [2.75, 3.05) is 13.1 Å². The summed E-state index contributed by atoms with van der Waals surface area (Å²) in [4.78, 5) is 13.2. The minimum atomic E-state index is -2.57. The van der Waals surface area contributed by atoms with Crippen molar-refractivity contribution in [3.63, 3.8) is 0 Å². The average Bonchev–Trinajstić information content (AvgIpc) is 2.82. The van der Waals surface area contributed by atoms with Gasteiger partial charge in [-0.25, -0.2) is 8.78 Å². The fourth-order valence-corrected chi connectivity index (χ4v) is 2.37. The lowest BCUT2D eigenvalue weighted by Gasteiger charge is -2.24. The molecule has 1 N–H and O–H groups in total. The molecule has 1 heterocycles. The second-order valence-corrected chi connectivity index (χ2v) is 4.45. The molecule has 1 aromatic carbocycles. The molecule has 5 heteroatoms. The van der Waals surface area contributed by atoms with Crippen LogP contribution in [0.1, 0.15) is 36.4 Å². The molecule has 1 aliphatic heterocycles. The van der Waals surface area contributed by atoms with Crippen LogP contribution in [-0.4, -0.2) is 29.1 Å². The van der Waals surface area contributed by atoms with Gasteiger partial charge in [0.2, 0.25) is 0 Å². The van der Waals surface area contributed by atoms with Crippen molar-refractivity contribution < 1.29 is 18.7 Å². The first-order chi connectivity index (χ1) is 8.59. The van der Waals surface area contributed by atoms with E-state index in [-0.39, 0.29) is 5.56 Å². The summed E-state index contributed by atoms with van der Waals surface area (Å²) in [5, 5.41) is 9.29. The predicted octanol–water partition coefficient (Wildman–Crippen LogP) is 2.85. The summed E-state index contributed by atoms with van der Waals surface area (Å²) in [5.41, 5.74) is 0.306. The largest absolute Gasteiger partial charge is 0.480 e. The predicted molar refractivity (Wildman–Crippen MR) is 62.6 cm³/mol. The number of rotatable bonds is 4. The molecule has 1 fully saturated rings. The number of hydrogen-bond acceptors (Lipinski definition) is 2. The van der Waals surface area contributed by atoms with Gasteiger partial charge in [0.15, 0.2) is 0 Å². The van der Waals surface area contributed by atoms with E-state index in [2.05, 4.69) is 0 Å². The third-order valence-corrected chi connectivity index (χ3v) is 3.22. The van der Waals surface area contributed by atoms with Crippen LogP contribution in [-0.2, 0) is 4.79 Å². The van der Waals surface area contributed by atoms with E-state index in [1.807, 2.05) is 4.90 Å². The number of alkyl halides is 2. The highest BCUT2D eigenvalue weighted by molar-refractivity contribution is 5.75. The number of carbonyl (C=O) groups is 1. The zero-order valence-corrected chi connectivity index (χ0v) is 9.85. The van der Waals surface area contributed by atoms with Crippen molar-refractivity contribution in [1.82, 2.24) is 4.90 Å². The molecule has 98 valence electrons. The van der Waals surface area contributed by atoms with Crippen molar-refractivity contribution in [2.24, 2.45) is 0 Å². The first-order valence-corrected chi connectivity index (χ1v) is 5.94. The Hall–Kier alpha value is -1.49. The molecule has 0 aliphatic carbocycles. The smallest absolute Gasteiger partial charge is 0.325 e. The molecule has 0 amide bonds. The van der Waals surface area contributed by atoms with E-state index in [4.69, 9.17) is 0 Å². The maximum atomic E-state index is 12.6. The highest BCUT2D eigenvalue weighted by Gasteiger charge is 2.29. The van der Waals surface area contributed by atoms with Crippen LogP contribution in [0.15, 0.2) is 24.3 Å². The van der Waals surface area contributed by atoms with Crippen LogP contribution in [0.5, 0.6) is 0 Å². The summed E-state index contributed by atoms with van der Waals surface area (Å²) in [7, 11) is 0. The van der Waals surface area contributed by atoms with Crippen molar-refractivity contribution in [3.05, 3.63) is 35.4 Å². The number of nitrogens with zero attached hydrogens (tertiary/aromatic N) is 1. The second kappa shape index (κ2) is 5.44. The van der Waals surface area contributed by atoms with E-state index in [0.717, 1.165) is 12.8 Å². The maximum absolute atomic E-state index is 12.6. The zero-order chi connectivity index (χ0) is 13.1. The van der Waals surface area contributed by atoms with Crippen LogP contribution in [0.3, 0.4) is 0 Å². The Bertz CT molecular complexity index is 431. The van der Waals surface area contributed by atoms with Crippen LogP contribution < -0.4 is 0 Å². The Labute approximate surface area is 104 Å². The normalized spacial score (nSPS) is 18.2. The number of likely N-dealkylation sites (tertiary alicyclic amines) is 1. The molecular weight excluding hydrogens is 240 g/mol. The van der Waals surface area contributed by atoms with E-state index >= 15 is 0 Å². The van der Waals surface area contributed by atoms with Crippen LogP contribution in [0, 0.1) is 0 Å². The van der Waals surface area contributed by atoms with Gasteiger partial charge in [0, 0.05) is 5.56 Å². The first-order valence-electron chi connectivity index (χ1n) is 5.94. The highest BCUT2D eigenvalue weighted by Crippen LogP contribution is 2.28. The van der Waals surface area contributed by atoms with Gasteiger partial charge in [0.1, 0.15) is 6.04 Å². The van der Waals surface area contributed by atoms with Crippen molar-refractivity contribution in [3.8, 4) is 0 Å². The van der Waals surface area contributed by atoms with Gasteiger partial charge in [-0.15, -0.1) is 0 Å². The Morgan fingerprint density at radius 3 is 2.39 bits per heavy atom. The van der Waals surface area contributed by atoms with E-state index in [1.54, 1.807) is 6.07 Å². The van der Waals surface area contributed by atoms with E-state index in [0.29, 0.717) is 18.7 Å². The molecule has 0 bridgehead atoms. The van der Waals surface area contributed by atoms with Crippen LogP contribution in [0.25, 0.3) is 0 Å². The van der Waals surface area contributed by atoms with E-state index in [1.165, 1.54) is 18.2 Å². The molecule has 1 atom stereocenters. The molecule has 3 nitrogen and oxygen atoms in total. The van der Waals surface area contributed by atoms with Gasteiger partial charge in [0.25, 0.3) is 6.43 Å². The van der Waals surface area contributed by atoms with Crippen molar-refractivity contribution >= 4 is 5.97 Å². The summed E-state index contributed by atoms with van der Waals surface area (Å²) in [6, 6.07) is 4.89. The van der Waals surface area contributed by atoms with Gasteiger partial charge >= 0.3 is 5.97 Å². The Morgan fingerprint density at radius 2 is 1.83 bits per heavy atom. The number of carboxylic acid groups (broad SMARTS) is 1. The minimum Gasteiger partial charge on any atom is -0.480 e. The van der Waals surface area contributed by atoms with Gasteiger partial charge in [-0.3, -0.25) is 9.69 Å². The summed E-state index contributed by atoms with van der Waals surface area (Å²) in [5.74, 6) is -0.983. The maximum Gasteiger partial charge on any atom is 0.325 e. The molecule has 1 aromatic rings. The van der Waals surface area contributed by atoms with Gasteiger partial charge in [-0.05, 0) is 37.6 Å². The molecule has 2 rings (SSSR count). The summed E-state index contributed by atoms with van der Waals surface area (Å²) in [6.45, 7) is 1.41. The zero-order valence-electron chi connectivity index (χ0n) is 9.85. The summed E-state index contributed by atoms with van der Waals surface area (Å²) < 4.78 is 25.3. The lowest BCUT2D eigenvalue weighted by molar-refractivity contribution is -0.143. The first kappa shape index (κ1) is 13.0. The molecule has 18 heavy (non-hydrogen) atoms. The Kier molecular flexibility index (Phi) is 3.91. The quantitative estimate of drug-likeness (QED) is 0.899. The van der Waals surface area contributed by atoms with Gasteiger partial charge in [-0.2, -0.15) is 0 Å². The lowest BCUT2D eigenvalue weighted by atomic mass is 10.0. The Morgan fingerprint density at radius 1 is 1.22 bits per heavy atom. The fourth-order valence-electron chi connectivity index (χ4n) is 2.37. The molecule has 0 spiro atoms. The molecular formula is C13H15F2NO2. The van der Waals surface area contributed by atoms with Crippen molar-refractivity contribution in [2.45, 2.75) is 25.3 Å². The van der Waals surface area contributed by atoms with Crippen LogP contribution >= 0.6 is 0 Å². The molecule has 1 aliphatic rings. The number of hydrogen-bond donors (Lipinski definition) is 1. The van der Waals surface area contributed by atoms with Crippen LogP contribution in [0.2, 0.25) is 0 Å². The molecule has 1 saturated heterocycles. The van der Waals surface area contributed by atoms with Crippen LogP contribution in [0.4, 0.5) is 8.78 Å². The molecule has 0 radical (unpaired) electrons. The molecule has 1 unspecified atom stereocenters. The third kappa shape index (κ3) is 2.67. The van der Waals surface area contributed by atoms with Gasteiger partial charge < -0.3 is 5.11 Å². The van der Waals surface area contributed by atoms with Gasteiger partial charge in [-0.1, -0.05) is 18.2 Å². The molecule has 0 aromatic heterocycles. The fraction of sp³-hybridized carbons (Fsp3) is 0.462. The minimum absolute atomic E-state index is 0.127. The van der Waals surface area contributed by atoms with E-state index in [9.17, 15) is 18.7 Å². The third-order valence-electron chi connectivity index (χ3n) is 3.22. The van der Waals surface area contributed by atoms with Crippen molar-refractivity contribution in [1.29, 1.82) is 0 Å². The number of halogens is 2.